The molecule has 1 aliphatic carbocycles. The van der Waals surface area contributed by atoms with E-state index in [1.807, 2.05) is 60.7 Å². The molecule has 0 spiro atoms. The van der Waals surface area contributed by atoms with Crippen LogP contribution in [0.15, 0.2) is 107 Å². The number of carbonyl (C=O) groups excluding carboxylic acids is 2. The molecule has 2 amide bonds. The summed E-state index contributed by atoms with van der Waals surface area (Å²) >= 11 is 0. The number of nitrogens with one attached hydrogen (secondary N) is 2. The summed E-state index contributed by atoms with van der Waals surface area (Å²) < 4.78 is 16.7. The number of methoxy groups -OCH3 is 2. The molecular formula is C32H29N3O5. The number of hydrogen-bond acceptors (Lipinski definition) is 6. The SMILES string of the molecule is COc1ccc(NC(=O)N2c3ccccc3NC3=C(C(=O)CC(c4ccco4)C3)C2c2ccccc2OC)cc1. The van der Waals surface area contributed by atoms with Crippen molar-refractivity contribution in [1.29, 1.82) is 0 Å². The lowest BCUT2D eigenvalue weighted by molar-refractivity contribution is -0.116. The van der Waals surface area contributed by atoms with E-state index in [1.54, 1.807) is 49.6 Å². The number of rotatable bonds is 5. The van der Waals surface area contributed by atoms with Crippen LogP contribution in [0.3, 0.4) is 0 Å². The van der Waals surface area contributed by atoms with Crippen molar-refractivity contribution in [2.75, 3.05) is 29.8 Å². The molecule has 2 unspecified atom stereocenters. The Morgan fingerprint density at radius 2 is 1.70 bits per heavy atom. The number of ketones is 1. The molecule has 0 fully saturated rings. The molecule has 1 aromatic heterocycles. The highest BCUT2D eigenvalue weighted by Gasteiger charge is 2.43. The van der Waals surface area contributed by atoms with E-state index in [1.165, 1.54) is 0 Å². The van der Waals surface area contributed by atoms with Gasteiger partial charge in [-0.3, -0.25) is 9.69 Å². The number of allylic oxidation sites excluding steroid dienone is 1. The lowest BCUT2D eigenvalue weighted by atomic mass is 9.80. The van der Waals surface area contributed by atoms with Crippen molar-refractivity contribution < 1.29 is 23.5 Å². The molecule has 4 aromatic rings. The average Bonchev–Trinajstić information content (AvgIpc) is 3.48. The molecule has 0 bridgehead atoms. The van der Waals surface area contributed by atoms with E-state index < -0.39 is 6.04 Å². The predicted octanol–water partition coefficient (Wildman–Crippen LogP) is 6.90. The third-order valence-electron chi connectivity index (χ3n) is 7.43. The molecule has 2 heterocycles. The summed E-state index contributed by atoms with van der Waals surface area (Å²) in [6, 6.07) is 24.8. The Balaban J connectivity index is 1.52. The van der Waals surface area contributed by atoms with Crippen LogP contribution in [-0.2, 0) is 4.79 Å². The number of urea groups is 1. The van der Waals surface area contributed by atoms with E-state index in [-0.39, 0.29) is 24.2 Å². The molecule has 8 heteroatoms. The number of amides is 2. The zero-order chi connectivity index (χ0) is 27.6. The van der Waals surface area contributed by atoms with Gasteiger partial charge in [-0.25, -0.2) is 4.79 Å². The van der Waals surface area contributed by atoms with E-state index in [9.17, 15) is 9.59 Å². The first-order chi connectivity index (χ1) is 19.6. The molecule has 2 atom stereocenters. The molecule has 202 valence electrons. The minimum Gasteiger partial charge on any atom is -0.497 e. The Morgan fingerprint density at radius 1 is 0.925 bits per heavy atom. The van der Waals surface area contributed by atoms with Crippen LogP contribution in [0.5, 0.6) is 11.5 Å². The maximum Gasteiger partial charge on any atom is 0.327 e. The lowest BCUT2D eigenvalue weighted by Gasteiger charge is -2.35. The number of benzene rings is 3. The fourth-order valence-electron chi connectivity index (χ4n) is 5.58. The second kappa shape index (κ2) is 10.6. The summed E-state index contributed by atoms with van der Waals surface area (Å²) in [6.07, 6.45) is 2.45. The van der Waals surface area contributed by atoms with Crippen molar-refractivity contribution in [2.24, 2.45) is 0 Å². The number of fused-ring (bicyclic) bond motifs is 1. The van der Waals surface area contributed by atoms with E-state index >= 15 is 0 Å². The van der Waals surface area contributed by atoms with Crippen LogP contribution in [0.2, 0.25) is 0 Å². The first kappa shape index (κ1) is 25.3. The highest BCUT2D eigenvalue weighted by molar-refractivity contribution is 6.09. The average molecular weight is 536 g/mol. The van der Waals surface area contributed by atoms with E-state index in [4.69, 9.17) is 13.9 Å². The van der Waals surface area contributed by atoms with Crippen LogP contribution in [0.25, 0.3) is 0 Å². The van der Waals surface area contributed by atoms with Gasteiger partial charge in [0.1, 0.15) is 17.3 Å². The van der Waals surface area contributed by atoms with Gasteiger partial charge in [0, 0.05) is 34.9 Å². The van der Waals surface area contributed by atoms with Crippen molar-refractivity contribution in [3.63, 3.8) is 0 Å². The Kier molecular flexibility index (Phi) is 6.74. The van der Waals surface area contributed by atoms with Gasteiger partial charge in [0.2, 0.25) is 0 Å². The molecule has 40 heavy (non-hydrogen) atoms. The Labute approximate surface area is 232 Å². The quantitative estimate of drug-likeness (QED) is 0.289. The van der Waals surface area contributed by atoms with Crippen LogP contribution in [0.1, 0.15) is 36.1 Å². The van der Waals surface area contributed by atoms with E-state index in [0.29, 0.717) is 40.4 Å². The standard InChI is InChI=1S/C32H29N3O5/c1-38-22-15-13-21(14-16-22)33-32(37)35-26-10-5-4-9-24(26)34-25-18-20(28-12-7-17-40-28)19-27(36)30(25)31(35)23-8-3-6-11-29(23)39-2/h3-17,20,31,34H,18-19H2,1-2H3,(H,33,37). The maximum absolute atomic E-state index is 14.2. The maximum atomic E-state index is 14.2. The fraction of sp³-hybridized carbons (Fsp3) is 0.188. The molecule has 2 aliphatic rings. The van der Waals surface area contributed by atoms with E-state index in [0.717, 1.165) is 17.1 Å². The van der Waals surface area contributed by atoms with Gasteiger partial charge in [-0.05, 0) is 61.0 Å². The van der Waals surface area contributed by atoms with Crippen LogP contribution in [0, 0.1) is 0 Å². The van der Waals surface area contributed by atoms with Gasteiger partial charge < -0.3 is 24.5 Å². The van der Waals surface area contributed by atoms with E-state index in [2.05, 4.69) is 10.6 Å². The molecule has 2 N–H and O–H groups in total. The van der Waals surface area contributed by atoms with Crippen molar-refractivity contribution in [2.45, 2.75) is 24.8 Å². The van der Waals surface area contributed by atoms with Crippen LogP contribution >= 0.6 is 0 Å². The number of furan rings is 1. The smallest absolute Gasteiger partial charge is 0.327 e. The van der Waals surface area contributed by atoms with Crippen molar-refractivity contribution in [3.05, 3.63) is 114 Å². The normalized spacial score (nSPS) is 18.2. The highest BCUT2D eigenvalue weighted by Crippen LogP contribution is 2.49. The van der Waals surface area contributed by atoms with Gasteiger partial charge in [0.25, 0.3) is 0 Å². The zero-order valence-corrected chi connectivity index (χ0v) is 22.2. The van der Waals surface area contributed by atoms with Crippen molar-refractivity contribution >= 4 is 28.9 Å². The molecule has 1 aliphatic heterocycles. The second-order valence-electron chi connectivity index (χ2n) is 9.75. The number of nitrogens with zero attached hydrogens (tertiary/aromatic N) is 1. The predicted molar refractivity (Wildman–Crippen MR) is 153 cm³/mol. The summed E-state index contributed by atoms with van der Waals surface area (Å²) in [5.41, 5.74) is 3.98. The molecule has 0 saturated heterocycles. The van der Waals surface area contributed by atoms with Crippen molar-refractivity contribution in [1.82, 2.24) is 0 Å². The minimum atomic E-state index is -0.745. The van der Waals surface area contributed by atoms with Gasteiger partial charge in [-0.15, -0.1) is 0 Å². The second-order valence-corrected chi connectivity index (χ2v) is 9.75. The molecule has 8 nitrogen and oxygen atoms in total. The van der Waals surface area contributed by atoms with Gasteiger partial charge in [0.05, 0.1) is 37.9 Å². The van der Waals surface area contributed by atoms with Crippen LogP contribution in [-0.4, -0.2) is 26.0 Å². The first-order valence-corrected chi connectivity index (χ1v) is 13.1. The van der Waals surface area contributed by atoms with Gasteiger partial charge in [-0.1, -0.05) is 30.3 Å². The summed E-state index contributed by atoms with van der Waals surface area (Å²) in [4.78, 5) is 29.9. The Hall–Kier alpha value is -4.98. The van der Waals surface area contributed by atoms with Gasteiger partial charge in [0.15, 0.2) is 5.78 Å². The topological polar surface area (TPSA) is 93.0 Å². The number of anilines is 3. The largest absolute Gasteiger partial charge is 0.497 e. The molecule has 0 radical (unpaired) electrons. The lowest BCUT2D eigenvalue weighted by Crippen LogP contribution is -2.41. The highest BCUT2D eigenvalue weighted by atomic mass is 16.5. The van der Waals surface area contributed by atoms with Crippen LogP contribution in [0.4, 0.5) is 21.9 Å². The summed E-state index contributed by atoms with van der Waals surface area (Å²) in [6.45, 7) is 0. The monoisotopic (exact) mass is 535 g/mol. The first-order valence-electron chi connectivity index (χ1n) is 13.1. The summed E-state index contributed by atoms with van der Waals surface area (Å²) in [5.74, 6) is 1.87. The third-order valence-corrected chi connectivity index (χ3v) is 7.43. The Morgan fingerprint density at radius 3 is 2.45 bits per heavy atom. The number of ether oxygens (including phenoxy) is 2. The Bertz CT molecular complexity index is 1580. The van der Waals surface area contributed by atoms with Crippen LogP contribution < -0.4 is 25.0 Å². The molecule has 3 aromatic carbocycles. The minimum absolute atomic E-state index is 0.0545. The fourth-order valence-corrected chi connectivity index (χ4v) is 5.58. The number of hydrogen-bond donors (Lipinski definition) is 2. The summed E-state index contributed by atoms with van der Waals surface area (Å²) in [7, 11) is 3.18. The third kappa shape index (κ3) is 4.58. The zero-order valence-electron chi connectivity index (χ0n) is 22.2. The molecule has 0 saturated carbocycles. The van der Waals surface area contributed by atoms with Gasteiger partial charge >= 0.3 is 6.03 Å². The number of Topliss-reactive ketones (excluding diaryl/α,β-unsaturated/α-hetero) is 1. The summed E-state index contributed by atoms with van der Waals surface area (Å²) in [5, 5.41) is 6.55. The van der Waals surface area contributed by atoms with Crippen molar-refractivity contribution in [3.8, 4) is 11.5 Å². The molecular weight excluding hydrogens is 506 g/mol. The van der Waals surface area contributed by atoms with Gasteiger partial charge in [-0.2, -0.15) is 0 Å². The number of carbonyl (C=O) groups is 2. The number of para-hydroxylation sites is 3. The molecule has 6 rings (SSSR count).